The first-order valence-corrected chi connectivity index (χ1v) is 5.30. The summed E-state index contributed by atoms with van der Waals surface area (Å²) in [7, 11) is 0. The Labute approximate surface area is 102 Å². The Morgan fingerprint density at radius 3 is 2.62 bits per heavy atom. The molecule has 0 bridgehead atoms. The van der Waals surface area contributed by atoms with Crippen LogP contribution in [0.5, 0.6) is 0 Å². The maximum absolute atomic E-state index is 11.9. The second-order valence-corrected chi connectivity index (χ2v) is 4.06. The highest BCUT2D eigenvalue weighted by Crippen LogP contribution is 2.01. The molecule has 0 aliphatic carbocycles. The number of piperazine rings is 1. The average Bonchev–Trinajstić information content (AvgIpc) is 2.15. The molecule has 1 saturated heterocycles. The zero-order chi connectivity index (χ0) is 11.4. The third-order valence-electron chi connectivity index (χ3n) is 2.47. The van der Waals surface area contributed by atoms with E-state index in [0.29, 0.717) is 19.1 Å². The predicted molar refractivity (Wildman–Crippen MR) is 64.6 cm³/mol. The summed E-state index contributed by atoms with van der Waals surface area (Å²) in [5.74, 6) is -0.169. The summed E-state index contributed by atoms with van der Waals surface area (Å²) in [6.45, 7) is 7.43. The summed E-state index contributed by atoms with van der Waals surface area (Å²) in [6.07, 6.45) is 0. The van der Waals surface area contributed by atoms with E-state index < -0.39 is 6.04 Å². The van der Waals surface area contributed by atoms with Crippen LogP contribution in [0.3, 0.4) is 0 Å². The van der Waals surface area contributed by atoms with E-state index in [9.17, 15) is 9.59 Å². The zero-order valence-corrected chi connectivity index (χ0v) is 10.8. The standard InChI is InChI=1S/C10H19N3O2.ClH/c1-7-6-13(5-4-11-7)10(15)8(2)12-9(3)14;/h7-8,11H,4-6H2,1-3H3,(H,12,14);1H. The van der Waals surface area contributed by atoms with Gasteiger partial charge in [0.25, 0.3) is 0 Å². The van der Waals surface area contributed by atoms with Crippen LogP contribution in [0.4, 0.5) is 0 Å². The Balaban J connectivity index is 0.00000225. The van der Waals surface area contributed by atoms with Gasteiger partial charge in [0.1, 0.15) is 6.04 Å². The van der Waals surface area contributed by atoms with Crippen molar-refractivity contribution in [1.29, 1.82) is 0 Å². The molecule has 2 unspecified atom stereocenters. The molecule has 1 fully saturated rings. The molecule has 6 heteroatoms. The van der Waals surface area contributed by atoms with E-state index in [1.54, 1.807) is 11.8 Å². The molecule has 0 radical (unpaired) electrons. The van der Waals surface area contributed by atoms with E-state index in [2.05, 4.69) is 10.6 Å². The van der Waals surface area contributed by atoms with E-state index in [1.165, 1.54) is 6.92 Å². The van der Waals surface area contributed by atoms with Gasteiger partial charge >= 0.3 is 0 Å². The number of carbonyl (C=O) groups is 2. The Bertz CT molecular complexity index is 260. The lowest BCUT2D eigenvalue weighted by molar-refractivity contribution is -0.136. The van der Waals surface area contributed by atoms with E-state index in [-0.39, 0.29) is 24.2 Å². The van der Waals surface area contributed by atoms with Crippen LogP contribution in [0.25, 0.3) is 0 Å². The molecule has 5 nitrogen and oxygen atoms in total. The van der Waals surface area contributed by atoms with Crippen molar-refractivity contribution in [3.63, 3.8) is 0 Å². The van der Waals surface area contributed by atoms with E-state index in [0.717, 1.165) is 6.54 Å². The van der Waals surface area contributed by atoms with Crippen LogP contribution in [0.1, 0.15) is 20.8 Å². The molecule has 2 amide bonds. The van der Waals surface area contributed by atoms with Crippen LogP contribution in [-0.2, 0) is 9.59 Å². The van der Waals surface area contributed by atoms with Gasteiger partial charge in [0, 0.05) is 32.6 Å². The van der Waals surface area contributed by atoms with Crippen molar-refractivity contribution in [2.24, 2.45) is 0 Å². The largest absolute Gasteiger partial charge is 0.345 e. The van der Waals surface area contributed by atoms with E-state index >= 15 is 0 Å². The molecule has 0 aromatic heterocycles. The lowest BCUT2D eigenvalue weighted by Crippen LogP contribution is -2.55. The Morgan fingerprint density at radius 1 is 1.50 bits per heavy atom. The number of hydrogen-bond acceptors (Lipinski definition) is 3. The molecule has 94 valence electrons. The first-order valence-electron chi connectivity index (χ1n) is 5.30. The maximum atomic E-state index is 11.9. The first-order chi connectivity index (χ1) is 7.00. The van der Waals surface area contributed by atoms with E-state index in [4.69, 9.17) is 0 Å². The molecule has 2 atom stereocenters. The van der Waals surface area contributed by atoms with Crippen molar-refractivity contribution < 1.29 is 9.59 Å². The molecule has 0 aromatic carbocycles. The fraction of sp³-hybridized carbons (Fsp3) is 0.800. The molecule has 16 heavy (non-hydrogen) atoms. The normalized spacial score (nSPS) is 21.9. The summed E-state index contributed by atoms with van der Waals surface area (Å²) in [5, 5.41) is 5.87. The average molecular weight is 250 g/mol. The topological polar surface area (TPSA) is 61.4 Å². The van der Waals surface area contributed by atoms with Gasteiger partial charge in [-0.2, -0.15) is 0 Å². The Kier molecular flexibility index (Phi) is 6.36. The molecular formula is C10H20ClN3O2. The quantitative estimate of drug-likeness (QED) is 0.710. The van der Waals surface area contributed by atoms with Crippen LogP contribution in [0, 0.1) is 0 Å². The molecule has 1 heterocycles. The van der Waals surface area contributed by atoms with Gasteiger partial charge in [0.2, 0.25) is 11.8 Å². The zero-order valence-electron chi connectivity index (χ0n) is 9.95. The summed E-state index contributed by atoms with van der Waals surface area (Å²) in [6, 6.07) is -0.0972. The van der Waals surface area contributed by atoms with Gasteiger partial charge in [-0.15, -0.1) is 12.4 Å². The van der Waals surface area contributed by atoms with Crippen molar-refractivity contribution in [3.8, 4) is 0 Å². The number of hydrogen-bond donors (Lipinski definition) is 2. The number of halogens is 1. The molecule has 0 aromatic rings. The number of carbonyl (C=O) groups excluding carboxylic acids is 2. The van der Waals surface area contributed by atoms with Gasteiger partial charge in [0.05, 0.1) is 0 Å². The smallest absolute Gasteiger partial charge is 0.244 e. The lowest BCUT2D eigenvalue weighted by atomic mass is 10.2. The van der Waals surface area contributed by atoms with Crippen LogP contribution in [-0.4, -0.2) is 48.4 Å². The predicted octanol–water partition coefficient (Wildman–Crippen LogP) is -0.247. The van der Waals surface area contributed by atoms with Gasteiger partial charge in [-0.05, 0) is 13.8 Å². The molecule has 2 N–H and O–H groups in total. The lowest BCUT2D eigenvalue weighted by Gasteiger charge is -2.33. The summed E-state index contributed by atoms with van der Waals surface area (Å²) < 4.78 is 0. The molecule has 1 aliphatic heterocycles. The summed E-state index contributed by atoms with van der Waals surface area (Å²) in [4.78, 5) is 24.5. The fourth-order valence-electron chi connectivity index (χ4n) is 1.77. The number of nitrogens with one attached hydrogen (secondary N) is 2. The second-order valence-electron chi connectivity index (χ2n) is 4.06. The molecule has 1 aliphatic rings. The fourth-order valence-corrected chi connectivity index (χ4v) is 1.77. The number of amides is 2. The highest BCUT2D eigenvalue weighted by molar-refractivity contribution is 5.86. The van der Waals surface area contributed by atoms with Gasteiger partial charge in [0.15, 0.2) is 0 Å². The van der Waals surface area contributed by atoms with Crippen molar-refractivity contribution in [1.82, 2.24) is 15.5 Å². The van der Waals surface area contributed by atoms with Crippen LogP contribution >= 0.6 is 12.4 Å². The van der Waals surface area contributed by atoms with Crippen molar-refractivity contribution >= 4 is 24.2 Å². The molecule has 0 spiro atoms. The Hall–Kier alpha value is -0.810. The maximum Gasteiger partial charge on any atom is 0.244 e. The van der Waals surface area contributed by atoms with Crippen LogP contribution < -0.4 is 10.6 Å². The molecule has 1 rings (SSSR count). The van der Waals surface area contributed by atoms with E-state index in [1.807, 2.05) is 6.92 Å². The first kappa shape index (κ1) is 15.2. The van der Waals surface area contributed by atoms with Gasteiger partial charge in [-0.1, -0.05) is 0 Å². The number of rotatable bonds is 2. The third-order valence-corrected chi connectivity index (χ3v) is 2.47. The minimum absolute atomic E-state index is 0. The van der Waals surface area contributed by atoms with Gasteiger partial charge < -0.3 is 15.5 Å². The monoisotopic (exact) mass is 249 g/mol. The van der Waals surface area contributed by atoms with Gasteiger partial charge in [-0.25, -0.2) is 0 Å². The van der Waals surface area contributed by atoms with Crippen LogP contribution in [0.15, 0.2) is 0 Å². The molecule has 0 saturated carbocycles. The van der Waals surface area contributed by atoms with Gasteiger partial charge in [-0.3, -0.25) is 9.59 Å². The van der Waals surface area contributed by atoms with Crippen molar-refractivity contribution in [2.75, 3.05) is 19.6 Å². The highest BCUT2D eigenvalue weighted by atomic mass is 35.5. The minimum atomic E-state index is -0.423. The SMILES string of the molecule is CC(=O)NC(C)C(=O)N1CCNC(C)C1.Cl. The number of nitrogens with zero attached hydrogens (tertiary/aromatic N) is 1. The third kappa shape index (κ3) is 4.37. The summed E-state index contributed by atoms with van der Waals surface area (Å²) in [5.41, 5.74) is 0. The van der Waals surface area contributed by atoms with Crippen molar-refractivity contribution in [3.05, 3.63) is 0 Å². The van der Waals surface area contributed by atoms with Crippen LogP contribution in [0.2, 0.25) is 0 Å². The summed E-state index contributed by atoms with van der Waals surface area (Å²) >= 11 is 0. The highest BCUT2D eigenvalue weighted by Gasteiger charge is 2.24. The Morgan fingerprint density at radius 2 is 2.12 bits per heavy atom. The molecular weight excluding hydrogens is 230 g/mol. The second kappa shape index (κ2) is 6.70. The van der Waals surface area contributed by atoms with Crippen molar-refractivity contribution in [2.45, 2.75) is 32.9 Å². The minimum Gasteiger partial charge on any atom is -0.345 e.